The van der Waals surface area contributed by atoms with E-state index < -0.39 is 5.91 Å². The van der Waals surface area contributed by atoms with E-state index in [2.05, 4.69) is 10.6 Å². The number of carbonyl (C=O) groups is 1. The van der Waals surface area contributed by atoms with Crippen molar-refractivity contribution in [3.8, 4) is 0 Å². The van der Waals surface area contributed by atoms with Crippen LogP contribution in [-0.4, -0.2) is 10.5 Å². The normalized spacial score (nSPS) is 11.3. The number of aryl methyl sites for hydroxylation is 1. The Balaban J connectivity index is 2.03. The molecule has 2 N–H and O–H groups in total. The average Bonchev–Trinajstić information content (AvgIpc) is 2.90. The number of nitrogens with zero attached hydrogens (tertiary/aromatic N) is 1. The van der Waals surface area contributed by atoms with Gasteiger partial charge in [-0.3, -0.25) is 4.79 Å². The fourth-order valence-electron chi connectivity index (χ4n) is 3.40. The van der Waals surface area contributed by atoms with Gasteiger partial charge in [0, 0.05) is 28.4 Å². The minimum atomic E-state index is -0.438. The second kappa shape index (κ2) is 5.74. The molecule has 4 aromatic rings. The molecule has 0 spiro atoms. The topological polar surface area (TPSA) is 48.0 Å². The van der Waals surface area contributed by atoms with Crippen LogP contribution < -0.4 is 5.73 Å². The molecule has 4 rings (SSSR count). The van der Waals surface area contributed by atoms with Crippen molar-refractivity contribution < 1.29 is 9.18 Å². The maximum atomic E-state index is 13.2. The molecule has 25 heavy (non-hydrogen) atoms. The van der Waals surface area contributed by atoms with Gasteiger partial charge < -0.3 is 10.3 Å². The quantitative estimate of drug-likeness (QED) is 0.594. The number of amides is 1. The predicted molar refractivity (Wildman–Crippen MR) is 98.2 cm³/mol. The van der Waals surface area contributed by atoms with Crippen LogP contribution in [0.4, 0.5) is 4.39 Å². The lowest BCUT2D eigenvalue weighted by atomic mass is 10.1. The van der Waals surface area contributed by atoms with Gasteiger partial charge in [0.2, 0.25) is 5.91 Å². The molecule has 0 fully saturated rings. The van der Waals surface area contributed by atoms with Gasteiger partial charge in [0.1, 0.15) is 5.82 Å². The minimum absolute atomic E-state index is 0.252. The Kier molecular flexibility index (Phi) is 3.53. The first-order chi connectivity index (χ1) is 12.0. The Bertz CT molecular complexity index is 1110. The second-order valence-corrected chi connectivity index (χ2v) is 6.30. The van der Waals surface area contributed by atoms with Gasteiger partial charge in [0.15, 0.2) is 0 Å². The molecule has 1 heterocycles. The molecule has 3 aromatic carbocycles. The van der Waals surface area contributed by atoms with Crippen molar-refractivity contribution in [3.05, 3.63) is 83.2 Å². The number of carbonyl (C=O) groups excluding carboxylic acids is 1. The van der Waals surface area contributed by atoms with E-state index in [4.69, 9.17) is 5.73 Å². The first-order valence-electron chi connectivity index (χ1n) is 8.10. The molecule has 1 amide bonds. The van der Waals surface area contributed by atoms with Gasteiger partial charge in [0.05, 0.1) is 5.52 Å². The van der Waals surface area contributed by atoms with Crippen LogP contribution in [0.5, 0.6) is 0 Å². The fraction of sp³-hybridized carbons (Fsp3) is 0.0952. The smallest absolute Gasteiger partial charge is 0.249 e. The van der Waals surface area contributed by atoms with Gasteiger partial charge in [0.25, 0.3) is 0 Å². The van der Waals surface area contributed by atoms with E-state index in [0.717, 1.165) is 32.9 Å². The van der Waals surface area contributed by atoms with Crippen molar-refractivity contribution in [1.82, 2.24) is 4.57 Å². The molecule has 4 heteroatoms. The van der Waals surface area contributed by atoms with Crippen molar-refractivity contribution in [3.63, 3.8) is 0 Å². The van der Waals surface area contributed by atoms with E-state index in [1.165, 1.54) is 12.1 Å². The van der Waals surface area contributed by atoms with E-state index in [0.29, 0.717) is 12.1 Å². The lowest BCUT2D eigenvalue weighted by Crippen LogP contribution is -2.11. The Morgan fingerprint density at radius 1 is 1.04 bits per heavy atom. The van der Waals surface area contributed by atoms with Gasteiger partial charge in [-0.05, 0) is 48.4 Å². The van der Waals surface area contributed by atoms with Crippen LogP contribution in [0.15, 0.2) is 60.7 Å². The molecule has 3 nitrogen and oxygen atoms in total. The summed E-state index contributed by atoms with van der Waals surface area (Å²) in [5.74, 6) is -0.690. The summed E-state index contributed by atoms with van der Waals surface area (Å²) in [6, 6.07) is 18.2. The Morgan fingerprint density at radius 2 is 1.80 bits per heavy atom. The summed E-state index contributed by atoms with van der Waals surface area (Å²) in [6.07, 6.45) is 0. The number of nitrogens with two attached hydrogens (primary N) is 1. The van der Waals surface area contributed by atoms with Crippen LogP contribution >= 0.6 is 0 Å². The number of benzene rings is 3. The molecular weight excluding hydrogens is 315 g/mol. The highest BCUT2D eigenvalue weighted by Gasteiger charge is 2.16. The first-order valence-corrected chi connectivity index (χ1v) is 8.10. The van der Waals surface area contributed by atoms with Crippen molar-refractivity contribution in [2.75, 3.05) is 0 Å². The molecule has 0 bridgehead atoms. The summed E-state index contributed by atoms with van der Waals surface area (Å²) in [6.45, 7) is 2.63. The molecule has 0 atom stereocenters. The third-order valence-corrected chi connectivity index (χ3v) is 4.57. The summed E-state index contributed by atoms with van der Waals surface area (Å²) >= 11 is 0. The molecule has 0 aliphatic rings. The van der Waals surface area contributed by atoms with Crippen molar-refractivity contribution >= 4 is 27.7 Å². The highest BCUT2D eigenvalue weighted by molar-refractivity contribution is 6.17. The summed E-state index contributed by atoms with van der Waals surface area (Å²) in [7, 11) is 0. The van der Waals surface area contributed by atoms with Crippen molar-refractivity contribution in [2.45, 2.75) is 13.5 Å². The third kappa shape index (κ3) is 2.56. The zero-order valence-electron chi connectivity index (χ0n) is 13.8. The van der Waals surface area contributed by atoms with E-state index in [1.807, 2.05) is 31.2 Å². The molecule has 0 saturated heterocycles. The number of fused-ring (bicyclic) bond motifs is 3. The Labute approximate surface area is 144 Å². The highest BCUT2D eigenvalue weighted by atomic mass is 19.1. The molecule has 0 unspecified atom stereocenters. The monoisotopic (exact) mass is 332 g/mol. The summed E-state index contributed by atoms with van der Waals surface area (Å²) in [4.78, 5) is 11.9. The maximum absolute atomic E-state index is 13.2. The Hall–Kier alpha value is -3.14. The van der Waals surface area contributed by atoms with Crippen LogP contribution in [0.1, 0.15) is 21.5 Å². The minimum Gasteiger partial charge on any atom is -0.366 e. The summed E-state index contributed by atoms with van der Waals surface area (Å²) < 4.78 is 15.4. The molecule has 1 aromatic heterocycles. The second-order valence-electron chi connectivity index (χ2n) is 6.30. The van der Waals surface area contributed by atoms with Crippen molar-refractivity contribution in [1.29, 1.82) is 0 Å². The molecule has 124 valence electrons. The van der Waals surface area contributed by atoms with Gasteiger partial charge >= 0.3 is 0 Å². The lowest BCUT2D eigenvalue weighted by molar-refractivity contribution is 0.100. The number of primary amides is 1. The van der Waals surface area contributed by atoms with E-state index in [1.54, 1.807) is 18.2 Å². The number of aromatic nitrogens is 1. The van der Waals surface area contributed by atoms with Gasteiger partial charge in [-0.2, -0.15) is 0 Å². The number of halogens is 1. The largest absolute Gasteiger partial charge is 0.366 e. The average molecular weight is 332 g/mol. The molecular formula is C21H17FN2O. The van der Waals surface area contributed by atoms with E-state index >= 15 is 0 Å². The van der Waals surface area contributed by atoms with Crippen LogP contribution in [0.25, 0.3) is 21.8 Å². The van der Waals surface area contributed by atoms with Gasteiger partial charge in [-0.15, -0.1) is 0 Å². The SMILES string of the molecule is Cc1ccc2c3c(C(N)=O)cccc3n(Cc3ccc(F)cc3)c2c1. The molecule has 0 radical (unpaired) electrons. The zero-order valence-corrected chi connectivity index (χ0v) is 13.8. The van der Waals surface area contributed by atoms with Crippen LogP contribution in [0.2, 0.25) is 0 Å². The standard InChI is InChI=1S/C21H17FN2O/c1-13-5-10-16-19(11-13)24(12-14-6-8-15(22)9-7-14)18-4-2-3-17(20(16)18)21(23)25/h2-11H,12H2,1H3,(H2,23,25). The number of hydrogen-bond acceptors (Lipinski definition) is 1. The van der Waals surface area contributed by atoms with E-state index in [9.17, 15) is 9.18 Å². The van der Waals surface area contributed by atoms with Gasteiger partial charge in [-0.25, -0.2) is 4.39 Å². The predicted octanol–water partition coefficient (Wildman–Crippen LogP) is 4.39. The third-order valence-electron chi connectivity index (χ3n) is 4.57. The number of hydrogen-bond donors (Lipinski definition) is 1. The summed E-state index contributed by atoms with van der Waals surface area (Å²) in [5, 5.41) is 1.87. The molecule has 0 aliphatic heterocycles. The van der Waals surface area contributed by atoms with Crippen molar-refractivity contribution in [2.24, 2.45) is 5.73 Å². The number of rotatable bonds is 3. The Morgan fingerprint density at radius 3 is 2.52 bits per heavy atom. The fourth-order valence-corrected chi connectivity index (χ4v) is 3.40. The maximum Gasteiger partial charge on any atom is 0.249 e. The van der Waals surface area contributed by atoms with Crippen LogP contribution in [-0.2, 0) is 6.54 Å². The highest BCUT2D eigenvalue weighted by Crippen LogP contribution is 2.32. The lowest BCUT2D eigenvalue weighted by Gasteiger charge is -2.08. The van der Waals surface area contributed by atoms with Gasteiger partial charge in [-0.1, -0.05) is 30.3 Å². The molecule has 0 aliphatic carbocycles. The van der Waals surface area contributed by atoms with Crippen LogP contribution in [0.3, 0.4) is 0 Å². The molecule has 0 saturated carbocycles. The first kappa shape index (κ1) is 15.4. The summed E-state index contributed by atoms with van der Waals surface area (Å²) in [5.41, 5.74) is 10.2. The van der Waals surface area contributed by atoms with E-state index in [-0.39, 0.29) is 5.82 Å². The van der Waals surface area contributed by atoms with Crippen LogP contribution in [0, 0.1) is 12.7 Å². The zero-order chi connectivity index (χ0) is 17.6.